The third-order valence-electron chi connectivity index (χ3n) is 5.09. The molecule has 3 heterocycles. The van der Waals surface area contributed by atoms with Gasteiger partial charge in [0.1, 0.15) is 0 Å². The number of rotatable bonds is 5. The first-order valence-electron chi connectivity index (χ1n) is 9.68. The number of nitrogens with zero attached hydrogens (tertiary/aromatic N) is 3. The largest absolute Gasteiger partial charge is 0.341 e. The van der Waals surface area contributed by atoms with Gasteiger partial charge >= 0.3 is 0 Å². The van der Waals surface area contributed by atoms with Crippen molar-refractivity contribution in [3.8, 4) is 10.6 Å². The molecule has 6 nitrogen and oxygen atoms in total. The van der Waals surface area contributed by atoms with E-state index >= 15 is 0 Å². The van der Waals surface area contributed by atoms with Crippen molar-refractivity contribution in [1.29, 1.82) is 0 Å². The molecule has 0 bridgehead atoms. The Bertz CT molecular complexity index is 1380. The topological polar surface area (TPSA) is 75.1 Å². The molecule has 7 heteroatoms. The van der Waals surface area contributed by atoms with Gasteiger partial charge in [-0.25, -0.2) is 5.43 Å². The molecule has 0 radical (unpaired) electrons. The summed E-state index contributed by atoms with van der Waals surface area (Å²) >= 11 is 1.59. The number of carbonyl (C=O) groups is 1. The zero-order valence-electron chi connectivity index (χ0n) is 16.3. The van der Waals surface area contributed by atoms with E-state index in [0.29, 0.717) is 5.69 Å². The van der Waals surface area contributed by atoms with Crippen molar-refractivity contribution in [2.45, 2.75) is 13.5 Å². The Labute approximate surface area is 176 Å². The number of aryl methyl sites for hydroxylation is 1. The number of H-pyrrole nitrogens is 1. The summed E-state index contributed by atoms with van der Waals surface area (Å²) in [4.78, 5) is 13.4. The fourth-order valence-electron chi connectivity index (χ4n) is 3.71. The second-order valence-corrected chi connectivity index (χ2v) is 7.83. The number of hydrazone groups is 1. The van der Waals surface area contributed by atoms with Gasteiger partial charge in [0.25, 0.3) is 5.91 Å². The quantitative estimate of drug-likeness (QED) is 0.313. The van der Waals surface area contributed by atoms with E-state index in [0.717, 1.165) is 22.7 Å². The Morgan fingerprint density at radius 3 is 2.83 bits per heavy atom. The molecule has 30 heavy (non-hydrogen) atoms. The number of carbonyl (C=O) groups excluding carboxylic acids is 1. The highest BCUT2D eigenvalue weighted by Gasteiger charge is 2.12. The molecule has 0 saturated heterocycles. The van der Waals surface area contributed by atoms with Gasteiger partial charge in [-0.3, -0.25) is 9.89 Å². The van der Waals surface area contributed by atoms with Crippen molar-refractivity contribution in [2.75, 3.05) is 0 Å². The number of para-hydroxylation sites is 1. The highest BCUT2D eigenvalue weighted by atomic mass is 32.1. The SMILES string of the molecule is CCn1c2ccccc2c2cc(C=NNC(=O)c3cc(-c4cccs4)[nH]n3)ccc21. The number of thiophene rings is 1. The van der Waals surface area contributed by atoms with Gasteiger partial charge in [0.05, 0.1) is 16.8 Å². The second kappa shape index (κ2) is 7.61. The Morgan fingerprint density at radius 2 is 2.00 bits per heavy atom. The number of hydrogen-bond acceptors (Lipinski definition) is 4. The van der Waals surface area contributed by atoms with Gasteiger partial charge < -0.3 is 4.57 Å². The van der Waals surface area contributed by atoms with Crippen LogP contribution in [0.4, 0.5) is 0 Å². The normalized spacial score (nSPS) is 11.6. The molecule has 0 spiro atoms. The van der Waals surface area contributed by atoms with Crippen LogP contribution in [0.15, 0.2) is 71.1 Å². The summed E-state index contributed by atoms with van der Waals surface area (Å²) in [6, 6.07) is 20.3. The van der Waals surface area contributed by atoms with Crippen LogP contribution in [0.5, 0.6) is 0 Å². The van der Waals surface area contributed by atoms with Crippen LogP contribution < -0.4 is 5.43 Å². The molecule has 0 aliphatic carbocycles. The molecule has 0 aliphatic rings. The lowest BCUT2D eigenvalue weighted by atomic mass is 10.1. The molecule has 0 unspecified atom stereocenters. The van der Waals surface area contributed by atoms with E-state index in [1.807, 2.05) is 23.6 Å². The van der Waals surface area contributed by atoms with Gasteiger partial charge in [-0.15, -0.1) is 11.3 Å². The van der Waals surface area contributed by atoms with Gasteiger partial charge in [-0.1, -0.05) is 30.3 Å². The molecular formula is C23H19N5OS. The third-order valence-corrected chi connectivity index (χ3v) is 5.99. The maximum Gasteiger partial charge on any atom is 0.291 e. The van der Waals surface area contributed by atoms with E-state index in [1.165, 1.54) is 21.8 Å². The van der Waals surface area contributed by atoms with Crippen LogP contribution in [-0.2, 0) is 6.54 Å². The average Bonchev–Trinajstić information content (AvgIpc) is 3.51. The van der Waals surface area contributed by atoms with E-state index in [9.17, 15) is 4.79 Å². The van der Waals surface area contributed by atoms with Gasteiger partial charge in [0.2, 0.25) is 0 Å². The van der Waals surface area contributed by atoms with Gasteiger partial charge in [0.15, 0.2) is 5.69 Å². The van der Waals surface area contributed by atoms with Crippen LogP contribution in [0.25, 0.3) is 32.4 Å². The van der Waals surface area contributed by atoms with Crippen molar-refractivity contribution in [1.82, 2.24) is 20.2 Å². The van der Waals surface area contributed by atoms with Gasteiger partial charge in [0, 0.05) is 28.4 Å². The summed E-state index contributed by atoms with van der Waals surface area (Å²) in [6.07, 6.45) is 1.65. The zero-order chi connectivity index (χ0) is 20.5. The minimum absolute atomic E-state index is 0.303. The number of nitrogens with one attached hydrogen (secondary N) is 2. The summed E-state index contributed by atoms with van der Waals surface area (Å²) < 4.78 is 2.30. The summed E-state index contributed by atoms with van der Waals surface area (Å²) in [5.41, 5.74) is 7.00. The van der Waals surface area contributed by atoms with E-state index < -0.39 is 0 Å². The summed E-state index contributed by atoms with van der Waals surface area (Å²) in [5, 5.41) is 15.5. The molecule has 0 saturated carbocycles. The second-order valence-electron chi connectivity index (χ2n) is 6.88. The Hall–Kier alpha value is -3.71. The lowest BCUT2D eigenvalue weighted by Gasteiger charge is -2.02. The molecule has 0 atom stereocenters. The fraction of sp³-hybridized carbons (Fsp3) is 0.0870. The number of hydrogen-bond donors (Lipinski definition) is 2. The molecule has 0 aliphatic heterocycles. The lowest BCUT2D eigenvalue weighted by Crippen LogP contribution is -2.17. The number of aromatic amines is 1. The predicted octanol–water partition coefficient (Wildman–Crippen LogP) is 5.03. The van der Waals surface area contributed by atoms with Crippen molar-refractivity contribution in [3.05, 3.63) is 77.3 Å². The predicted molar refractivity (Wildman–Crippen MR) is 122 cm³/mol. The molecule has 1 amide bonds. The van der Waals surface area contributed by atoms with E-state index in [4.69, 9.17) is 0 Å². The molecule has 2 N–H and O–H groups in total. The van der Waals surface area contributed by atoms with Crippen molar-refractivity contribution >= 4 is 45.3 Å². The molecular weight excluding hydrogens is 394 g/mol. The van der Waals surface area contributed by atoms with Crippen LogP contribution in [-0.4, -0.2) is 26.9 Å². The minimum Gasteiger partial charge on any atom is -0.341 e. The Morgan fingerprint density at radius 1 is 1.13 bits per heavy atom. The summed E-state index contributed by atoms with van der Waals surface area (Å²) in [5.74, 6) is -0.353. The first-order chi connectivity index (χ1) is 14.7. The van der Waals surface area contributed by atoms with Gasteiger partial charge in [-0.05, 0) is 48.2 Å². The zero-order valence-corrected chi connectivity index (χ0v) is 17.1. The van der Waals surface area contributed by atoms with Crippen LogP contribution in [0.1, 0.15) is 23.0 Å². The van der Waals surface area contributed by atoms with Crippen LogP contribution in [0.3, 0.4) is 0 Å². The minimum atomic E-state index is -0.353. The monoisotopic (exact) mass is 413 g/mol. The average molecular weight is 414 g/mol. The van der Waals surface area contributed by atoms with Crippen LogP contribution >= 0.6 is 11.3 Å². The van der Waals surface area contributed by atoms with Crippen molar-refractivity contribution < 1.29 is 4.79 Å². The molecule has 0 fully saturated rings. The highest BCUT2D eigenvalue weighted by molar-refractivity contribution is 7.13. The number of aromatic nitrogens is 3. The van der Waals surface area contributed by atoms with Crippen molar-refractivity contribution in [3.63, 3.8) is 0 Å². The lowest BCUT2D eigenvalue weighted by molar-refractivity contribution is 0.0950. The molecule has 5 rings (SSSR count). The summed E-state index contributed by atoms with van der Waals surface area (Å²) in [6.45, 7) is 3.06. The molecule has 5 aromatic rings. The standard InChI is InChI=1S/C23H19N5OS/c1-2-28-20-7-4-3-6-16(20)17-12-15(9-10-21(17)28)14-24-27-23(29)19-13-18(25-26-19)22-8-5-11-30-22/h3-14H,2H2,1H3,(H,25,26)(H,27,29). The first-order valence-corrected chi connectivity index (χ1v) is 10.6. The van der Waals surface area contributed by atoms with E-state index in [1.54, 1.807) is 23.6 Å². The Kier molecular flexibility index (Phi) is 4.65. The third kappa shape index (κ3) is 3.19. The first kappa shape index (κ1) is 18.3. The maximum absolute atomic E-state index is 12.3. The number of amides is 1. The highest BCUT2D eigenvalue weighted by Crippen LogP contribution is 2.29. The molecule has 3 aromatic heterocycles. The Balaban J connectivity index is 1.37. The summed E-state index contributed by atoms with van der Waals surface area (Å²) in [7, 11) is 0. The fourth-order valence-corrected chi connectivity index (χ4v) is 4.40. The molecule has 2 aromatic carbocycles. The smallest absolute Gasteiger partial charge is 0.291 e. The van der Waals surface area contributed by atoms with E-state index in [-0.39, 0.29) is 5.91 Å². The van der Waals surface area contributed by atoms with Crippen molar-refractivity contribution in [2.24, 2.45) is 5.10 Å². The van der Waals surface area contributed by atoms with Gasteiger partial charge in [-0.2, -0.15) is 10.2 Å². The van der Waals surface area contributed by atoms with Crippen LogP contribution in [0, 0.1) is 0 Å². The number of fused-ring (bicyclic) bond motifs is 3. The van der Waals surface area contributed by atoms with E-state index in [2.05, 4.69) is 68.6 Å². The molecule has 148 valence electrons. The number of benzene rings is 2. The maximum atomic E-state index is 12.3. The van der Waals surface area contributed by atoms with Crippen LogP contribution in [0.2, 0.25) is 0 Å².